The molecule has 0 fully saturated rings. The van der Waals surface area contributed by atoms with E-state index in [-0.39, 0.29) is 0 Å². The maximum atomic E-state index is 3.95. The molecule has 3 aromatic rings. The Kier molecular flexibility index (Phi) is 3.38. The highest BCUT2D eigenvalue weighted by Crippen LogP contribution is 2.16. The zero-order valence-electron chi connectivity index (χ0n) is 10.4. The third-order valence-electron chi connectivity index (χ3n) is 2.97. The molecule has 0 radical (unpaired) electrons. The number of H-pyrrole nitrogens is 2. The van der Waals surface area contributed by atoms with Gasteiger partial charge in [0.25, 0.3) is 0 Å². The molecule has 0 aliphatic heterocycles. The summed E-state index contributed by atoms with van der Waals surface area (Å²) in [4.78, 5) is 0. The van der Waals surface area contributed by atoms with E-state index in [1.807, 2.05) is 12.1 Å². The molecule has 0 atom stereocenters. The van der Waals surface area contributed by atoms with Gasteiger partial charge >= 0.3 is 0 Å². The van der Waals surface area contributed by atoms with Crippen LogP contribution in [0.2, 0.25) is 0 Å². The fourth-order valence-corrected chi connectivity index (χ4v) is 1.94. The van der Waals surface area contributed by atoms with Gasteiger partial charge in [0.15, 0.2) is 0 Å². The van der Waals surface area contributed by atoms with Crippen LogP contribution in [0.25, 0.3) is 11.3 Å². The molecule has 0 aliphatic carbocycles. The van der Waals surface area contributed by atoms with Gasteiger partial charge in [-0.2, -0.15) is 10.2 Å². The molecule has 0 amide bonds. The average Bonchev–Trinajstić information content (AvgIpc) is 3.13. The van der Waals surface area contributed by atoms with Crippen molar-refractivity contribution in [2.24, 2.45) is 0 Å². The number of aromatic amines is 2. The Morgan fingerprint density at radius 1 is 0.842 bits per heavy atom. The first-order chi connectivity index (χ1) is 9.42. The van der Waals surface area contributed by atoms with E-state index in [9.17, 15) is 0 Å². The minimum absolute atomic E-state index is 0.794. The van der Waals surface area contributed by atoms with Crippen molar-refractivity contribution in [1.82, 2.24) is 25.7 Å². The molecule has 19 heavy (non-hydrogen) atoms. The fourth-order valence-electron chi connectivity index (χ4n) is 1.94. The number of rotatable bonds is 5. The number of nitrogens with one attached hydrogen (secondary N) is 3. The van der Waals surface area contributed by atoms with Crippen molar-refractivity contribution in [3.05, 3.63) is 60.0 Å². The molecule has 5 heteroatoms. The molecule has 3 rings (SSSR count). The molecule has 96 valence electrons. The molecular formula is C14H15N5. The summed E-state index contributed by atoms with van der Waals surface area (Å²) in [7, 11) is 0. The molecule has 1 aromatic carbocycles. The minimum atomic E-state index is 0.794. The van der Waals surface area contributed by atoms with Gasteiger partial charge in [-0.25, -0.2) is 0 Å². The summed E-state index contributed by atoms with van der Waals surface area (Å²) in [6.45, 7) is 1.63. The summed E-state index contributed by atoms with van der Waals surface area (Å²) in [5, 5.41) is 17.1. The van der Waals surface area contributed by atoms with E-state index in [2.05, 4.69) is 50.0 Å². The van der Waals surface area contributed by atoms with Gasteiger partial charge in [0.05, 0.1) is 5.69 Å². The zero-order valence-corrected chi connectivity index (χ0v) is 10.4. The van der Waals surface area contributed by atoms with Crippen LogP contribution < -0.4 is 5.32 Å². The third-order valence-corrected chi connectivity index (χ3v) is 2.97. The predicted octanol–water partition coefficient (Wildman–Crippen LogP) is 2.09. The van der Waals surface area contributed by atoms with Gasteiger partial charge in [-0.1, -0.05) is 24.3 Å². The van der Waals surface area contributed by atoms with Gasteiger partial charge in [0, 0.05) is 31.2 Å². The second-order valence-electron chi connectivity index (χ2n) is 4.35. The number of hydrogen-bond donors (Lipinski definition) is 3. The predicted molar refractivity (Wildman–Crippen MR) is 73.2 cm³/mol. The third kappa shape index (κ3) is 2.89. The quantitative estimate of drug-likeness (QED) is 0.652. The fraction of sp³-hybridized carbons (Fsp3) is 0.143. The summed E-state index contributed by atoms with van der Waals surface area (Å²) in [5.74, 6) is 0. The van der Waals surface area contributed by atoms with Crippen LogP contribution in [-0.2, 0) is 13.1 Å². The van der Waals surface area contributed by atoms with Crippen LogP contribution in [0, 0.1) is 0 Å². The molecule has 2 heterocycles. The number of nitrogens with zero attached hydrogens (tertiary/aromatic N) is 2. The van der Waals surface area contributed by atoms with Gasteiger partial charge in [0.1, 0.15) is 0 Å². The Balaban J connectivity index is 1.57. The van der Waals surface area contributed by atoms with Crippen LogP contribution in [0.4, 0.5) is 0 Å². The first-order valence-corrected chi connectivity index (χ1v) is 6.19. The SMILES string of the molecule is c1cc(CNCc2ccc(-c3ccn[nH]3)cc2)[nH]n1. The van der Waals surface area contributed by atoms with E-state index in [0.29, 0.717) is 0 Å². The first kappa shape index (κ1) is 11.7. The minimum Gasteiger partial charge on any atom is -0.307 e. The van der Waals surface area contributed by atoms with Crippen molar-refractivity contribution in [3.63, 3.8) is 0 Å². The summed E-state index contributed by atoms with van der Waals surface area (Å²) >= 11 is 0. The Morgan fingerprint density at radius 3 is 2.32 bits per heavy atom. The standard InChI is InChI=1S/C14H15N5/c1-3-12(14-6-8-17-19-14)4-2-11(1)9-15-10-13-5-7-16-18-13/h1-8,15H,9-10H2,(H,16,18)(H,17,19). The van der Waals surface area contributed by atoms with Crippen molar-refractivity contribution in [1.29, 1.82) is 0 Å². The molecule has 2 aromatic heterocycles. The van der Waals surface area contributed by atoms with E-state index in [1.54, 1.807) is 12.4 Å². The van der Waals surface area contributed by atoms with E-state index in [4.69, 9.17) is 0 Å². The average molecular weight is 253 g/mol. The van der Waals surface area contributed by atoms with E-state index >= 15 is 0 Å². The monoisotopic (exact) mass is 253 g/mol. The first-order valence-electron chi connectivity index (χ1n) is 6.19. The molecule has 0 saturated heterocycles. The van der Waals surface area contributed by atoms with Crippen LogP contribution >= 0.6 is 0 Å². The lowest BCUT2D eigenvalue weighted by Crippen LogP contribution is -2.12. The lowest BCUT2D eigenvalue weighted by Gasteiger charge is -2.04. The van der Waals surface area contributed by atoms with Gasteiger partial charge in [-0.3, -0.25) is 10.2 Å². The second kappa shape index (κ2) is 5.49. The van der Waals surface area contributed by atoms with E-state index < -0.39 is 0 Å². The number of hydrogen-bond acceptors (Lipinski definition) is 3. The molecule has 0 unspecified atom stereocenters. The summed E-state index contributed by atoms with van der Waals surface area (Å²) < 4.78 is 0. The van der Waals surface area contributed by atoms with Crippen molar-refractivity contribution < 1.29 is 0 Å². The van der Waals surface area contributed by atoms with Crippen molar-refractivity contribution in [2.75, 3.05) is 0 Å². The van der Waals surface area contributed by atoms with E-state index in [1.165, 1.54) is 5.56 Å². The lowest BCUT2D eigenvalue weighted by molar-refractivity contribution is 0.677. The Bertz CT molecular complexity index is 596. The maximum absolute atomic E-state index is 3.95. The molecule has 5 nitrogen and oxygen atoms in total. The Hall–Kier alpha value is -2.40. The summed E-state index contributed by atoms with van der Waals surface area (Å²) in [6.07, 6.45) is 3.52. The van der Waals surface area contributed by atoms with Crippen LogP contribution in [0.1, 0.15) is 11.3 Å². The highest BCUT2D eigenvalue weighted by Gasteiger charge is 1.99. The summed E-state index contributed by atoms with van der Waals surface area (Å²) in [5.41, 5.74) is 4.53. The topological polar surface area (TPSA) is 69.4 Å². The van der Waals surface area contributed by atoms with Gasteiger partial charge in [-0.05, 0) is 23.3 Å². The van der Waals surface area contributed by atoms with Crippen LogP contribution in [-0.4, -0.2) is 20.4 Å². The van der Waals surface area contributed by atoms with Crippen LogP contribution in [0.3, 0.4) is 0 Å². The van der Waals surface area contributed by atoms with E-state index in [0.717, 1.165) is 30.0 Å². The van der Waals surface area contributed by atoms with Gasteiger partial charge in [-0.15, -0.1) is 0 Å². The molecule has 0 saturated carbocycles. The Labute approximate surface area is 111 Å². The molecular weight excluding hydrogens is 238 g/mol. The summed E-state index contributed by atoms with van der Waals surface area (Å²) in [6, 6.07) is 12.4. The smallest absolute Gasteiger partial charge is 0.0650 e. The zero-order chi connectivity index (χ0) is 12.9. The van der Waals surface area contributed by atoms with Crippen molar-refractivity contribution >= 4 is 0 Å². The molecule has 0 aliphatic rings. The largest absolute Gasteiger partial charge is 0.307 e. The molecule has 0 bridgehead atoms. The second-order valence-corrected chi connectivity index (χ2v) is 4.35. The Morgan fingerprint density at radius 2 is 1.63 bits per heavy atom. The highest BCUT2D eigenvalue weighted by molar-refractivity contribution is 5.58. The maximum Gasteiger partial charge on any atom is 0.0650 e. The number of benzene rings is 1. The molecule has 0 spiro atoms. The highest BCUT2D eigenvalue weighted by atomic mass is 15.1. The lowest BCUT2D eigenvalue weighted by atomic mass is 10.1. The number of aromatic nitrogens is 4. The van der Waals surface area contributed by atoms with Crippen molar-refractivity contribution in [3.8, 4) is 11.3 Å². The van der Waals surface area contributed by atoms with Crippen molar-refractivity contribution in [2.45, 2.75) is 13.1 Å². The van der Waals surface area contributed by atoms with Crippen LogP contribution in [0.5, 0.6) is 0 Å². The van der Waals surface area contributed by atoms with Gasteiger partial charge in [0.2, 0.25) is 0 Å². The molecule has 3 N–H and O–H groups in total. The van der Waals surface area contributed by atoms with Gasteiger partial charge < -0.3 is 5.32 Å². The van der Waals surface area contributed by atoms with Crippen LogP contribution in [0.15, 0.2) is 48.8 Å². The normalized spacial score (nSPS) is 10.7.